The average Bonchev–Trinajstić information content (AvgIpc) is 3.14. The Balaban J connectivity index is 1.96. The minimum atomic E-state index is -4.74. The van der Waals surface area contributed by atoms with Crippen molar-refractivity contribution in [2.75, 3.05) is 7.11 Å². The number of halogens is 3. The maximum absolute atomic E-state index is 13.7. The molecule has 0 amide bonds. The van der Waals surface area contributed by atoms with Gasteiger partial charge in [0.05, 0.1) is 33.6 Å². The summed E-state index contributed by atoms with van der Waals surface area (Å²) in [5.74, 6) is 0.561. The zero-order valence-corrected chi connectivity index (χ0v) is 21.0. The number of nitro groups is 1. The predicted molar refractivity (Wildman–Crippen MR) is 133 cm³/mol. The minimum absolute atomic E-state index is 0.0661. The van der Waals surface area contributed by atoms with Crippen molar-refractivity contribution in [1.82, 2.24) is 9.55 Å². The van der Waals surface area contributed by atoms with Crippen LogP contribution < -0.4 is 10.3 Å². The highest BCUT2D eigenvalue weighted by molar-refractivity contribution is 7.99. The van der Waals surface area contributed by atoms with Crippen molar-refractivity contribution in [1.29, 1.82) is 0 Å². The first-order valence-electron chi connectivity index (χ1n) is 10.8. The van der Waals surface area contributed by atoms with Crippen molar-refractivity contribution in [3.63, 3.8) is 0 Å². The lowest BCUT2D eigenvalue weighted by molar-refractivity contribution is -0.388. The largest absolute Gasteiger partial charge is 0.497 e. The Morgan fingerprint density at radius 1 is 1.19 bits per heavy atom. The van der Waals surface area contributed by atoms with Gasteiger partial charge in [0, 0.05) is 10.9 Å². The second kappa shape index (κ2) is 9.94. The van der Waals surface area contributed by atoms with Gasteiger partial charge in [0.15, 0.2) is 5.16 Å². The number of hydrogen-bond donors (Lipinski definition) is 0. The molecule has 0 atom stereocenters. The minimum Gasteiger partial charge on any atom is -0.497 e. The molecule has 36 heavy (non-hydrogen) atoms. The molecule has 2 heterocycles. The van der Waals surface area contributed by atoms with Crippen molar-refractivity contribution >= 4 is 39.0 Å². The molecule has 0 saturated carbocycles. The molecule has 0 radical (unpaired) electrons. The zero-order valence-electron chi connectivity index (χ0n) is 19.4. The van der Waals surface area contributed by atoms with E-state index in [9.17, 15) is 28.1 Å². The third-order valence-electron chi connectivity index (χ3n) is 5.52. The first-order valence-corrected chi connectivity index (χ1v) is 12.4. The van der Waals surface area contributed by atoms with E-state index >= 15 is 0 Å². The number of fused-ring (bicyclic) bond motifs is 1. The lowest BCUT2D eigenvalue weighted by atomic mass is 10.1. The van der Waals surface area contributed by atoms with E-state index in [4.69, 9.17) is 4.74 Å². The van der Waals surface area contributed by atoms with Crippen LogP contribution in [0.5, 0.6) is 5.75 Å². The number of nitro benzene ring substituents is 1. The Morgan fingerprint density at radius 3 is 2.47 bits per heavy atom. The molecule has 0 saturated heterocycles. The average molecular weight is 536 g/mol. The molecule has 4 aromatic rings. The molecule has 0 bridgehead atoms. The fraction of sp³-hybridized carbons (Fsp3) is 0.250. The Labute approximate surface area is 211 Å². The van der Waals surface area contributed by atoms with Gasteiger partial charge >= 0.3 is 6.18 Å². The van der Waals surface area contributed by atoms with E-state index in [0.717, 1.165) is 47.2 Å². The number of methoxy groups -OCH3 is 1. The first-order chi connectivity index (χ1) is 17.0. The van der Waals surface area contributed by atoms with Crippen LogP contribution in [0, 0.1) is 17.0 Å². The molecule has 4 rings (SSSR count). The highest BCUT2D eigenvalue weighted by Crippen LogP contribution is 2.40. The molecule has 2 aromatic carbocycles. The third kappa shape index (κ3) is 4.82. The van der Waals surface area contributed by atoms with Gasteiger partial charge in [0.2, 0.25) is 0 Å². The Bertz CT molecular complexity index is 1510. The monoisotopic (exact) mass is 535 g/mol. The van der Waals surface area contributed by atoms with Crippen LogP contribution in [0.2, 0.25) is 0 Å². The summed E-state index contributed by atoms with van der Waals surface area (Å²) in [6.45, 7) is 3.89. The topological polar surface area (TPSA) is 87.3 Å². The van der Waals surface area contributed by atoms with E-state index in [-0.39, 0.29) is 15.6 Å². The van der Waals surface area contributed by atoms with Gasteiger partial charge in [0.25, 0.3) is 11.2 Å². The number of rotatable bonds is 7. The van der Waals surface area contributed by atoms with Crippen molar-refractivity contribution in [2.24, 2.45) is 0 Å². The summed E-state index contributed by atoms with van der Waals surface area (Å²) in [6, 6.07) is 8.90. The molecule has 0 N–H and O–H groups in total. The van der Waals surface area contributed by atoms with Crippen LogP contribution in [-0.4, -0.2) is 21.6 Å². The van der Waals surface area contributed by atoms with Crippen LogP contribution in [0.4, 0.5) is 18.9 Å². The van der Waals surface area contributed by atoms with Crippen LogP contribution in [0.15, 0.2) is 57.3 Å². The predicted octanol–water partition coefficient (Wildman–Crippen LogP) is 6.79. The number of ether oxygens (including phenoxy) is 1. The van der Waals surface area contributed by atoms with Crippen molar-refractivity contribution < 1.29 is 22.8 Å². The normalized spacial score (nSPS) is 11.7. The number of thiophene rings is 1. The molecule has 2 aromatic heterocycles. The lowest BCUT2D eigenvalue weighted by Crippen LogP contribution is -2.21. The van der Waals surface area contributed by atoms with Gasteiger partial charge in [0.1, 0.15) is 10.6 Å². The van der Waals surface area contributed by atoms with E-state index in [0.29, 0.717) is 27.7 Å². The Morgan fingerprint density at radius 2 is 1.89 bits per heavy atom. The molecular weight excluding hydrogens is 515 g/mol. The van der Waals surface area contributed by atoms with E-state index < -0.39 is 22.4 Å². The molecule has 0 aliphatic carbocycles. The second-order valence-corrected chi connectivity index (χ2v) is 9.95. The highest BCUT2D eigenvalue weighted by Gasteiger charge is 2.33. The highest BCUT2D eigenvalue weighted by atomic mass is 32.2. The van der Waals surface area contributed by atoms with Crippen molar-refractivity contribution in [3.8, 4) is 11.4 Å². The fourth-order valence-corrected chi connectivity index (χ4v) is 6.04. The van der Waals surface area contributed by atoms with Crippen LogP contribution in [0.25, 0.3) is 15.9 Å². The molecule has 0 unspecified atom stereocenters. The smallest absolute Gasteiger partial charge is 0.416 e. The number of aryl methyl sites for hydroxylation is 2. The summed E-state index contributed by atoms with van der Waals surface area (Å²) in [5, 5.41) is 12.2. The zero-order chi connectivity index (χ0) is 26.2. The summed E-state index contributed by atoms with van der Waals surface area (Å²) in [7, 11) is 1.50. The number of hydrogen-bond acceptors (Lipinski definition) is 7. The summed E-state index contributed by atoms with van der Waals surface area (Å²) in [5.41, 5.74) is -0.950. The van der Waals surface area contributed by atoms with Crippen LogP contribution in [0.1, 0.15) is 29.3 Å². The van der Waals surface area contributed by atoms with Crippen LogP contribution >= 0.6 is 23.1 Å². The molecule has 0 aliphatic heterocycles. The van der Waals surface area contributed by atoms with Crippen LogP contribution in [-0.2, 0) is 12.6 Å². The second-order valence-electron chi connectivity index (χ2n) is 7.85. The third-order valence-corrected chi connectivity index (χ3v) is 7.79. The summed E-state index contributed by atoms with van der Waals surface area (Å²) >= 11 is 2.14. The Kier molecular flexibility index (Phi) is 7.10. The number of aromatic nitrogens is 2. The molecule has 12 heteroatoms. The molecule has 7 nitrogen and oxygen atoms in total. The molecular formula is C24H20F3N3O4S2. The van der Waals surface area contributed by atoms with Gasteiger partial charge in [-0.05, 0) is 67.1 Å². The van der Waals surface area contributed by atoms with E-state index in [2.05, 4.69) is 4.98 Å². The maximum Gasteiger partial charge on any atom is 0.416 e. The number of benzene rings is 2. The summed E-state index contributed by atoms with van der Waals surface area (Å²) in [6.07, 6.45) is -3.10. The van der Waals surface area contributed by atoms with Gasteiger partial charge in [-0.1, -0.05) is 13.3 Å². The maximum atomic E-state index is 13.7. The van der Waals surface area contributed by atoms with Crippen LogP contribution in [0.3, 0.4) is 0 Å². The summed E-state index contributed by atoms with van der Waals surface area (Å²) in [4.78, 5) is 30.6. The molecule has 0 fully saturated rings. The van der Waals surface area contributed by atoms with Crippen molar-refractivity contribution in [2.45, 2.75) is 42.9 Å². The number of nitrogens with zero attached hydrogens (tertiary/aromatic N) is 3. The lowest BCUT2D eigenvalue weighted by Gasteiger charge is -2.13. The van der Waals surface area contributed by atoms with Gasteiger partial charge < -0.3 is 4.74 Å². The summed E-state index contributed by atoms with van der Waals surface area (Å²) < 4.78 is 46.0. The Hall–Kier alpha value is -3.38. The SMILES string of the molecule is CCCc1sc2nc(Sc3ccc(C(F)(F)F)cc3[N+](=O)[O-])n(-c3ccc(OC)cc3)c(=O)c2c1C. The molecule has 188 valence electrons. The van der Waals surface area contributed by atoms with Gasteiger partial charge in [-0.2, -0.15) is 13.2 Å². The van der Waals surface area contributed by atoms with E-state index in [1.54, 1.807) is 24.3 Å². The molecule has 0 spiro atoms. The van der Waals surface area contributed by atoms with Gasteiger partial charge in [-0.25, -0.2) is 4.98 Å². The van der Waals surface area contributed by atoms with E-state index in [1.807, 2.05) is 13.8 Å². The van der Waals surface area contributed by atoms with E-state index in [1.165, 1.54) is 23.0 Å². The first kappa shape index (κ1) is 25.7. The number of alkyl halides is 3. The standard InChI is InChI=1S/C24H20F3N3O4S2/c1-4-5-18-13(2)20-21(35-18)28-23(29(22(20)31)15-7-9-16(34-3)10-8-15)36-19-11-6-14(24(25,26)27)12-17(19)30(32)33/h6-12H,4-5H2,1-3H3. The van der Waals surface area contributed by atoms with Gasteiger partial charge in [-0.3, -0.25) is 19.5 Å². The van der Waals surface area contributed by atoms with Gasteiger partial charge in [-0.15, -0.1) is 11.3 Å². The van der Waals surface area contributed by atoms with Crippen molar-refractivity contribution in [3.05, 3.63) is 78.9 Å². The fourth-order valence-electron chi connectivity index (χ4n) is 3.72. The quantitative estimate of drug-likeness (QED) is 0.147. The molecule has 0 aliphatic rings.